The molecule has 424 valence electrons. The molecule has 5 aliphatic rings. The van der Waals surface area contributed by atoms with Gasteiger partial charge in [0.05, 0.1) is 75.2 Å². The minimum absolute atomic E-state index is 0.0639. The van der Waals surface area contributed by atoms with Gasteiger partial charge in [0.15, 0.2) is 28.8 Å². The van der Waals surface area contributed by atoms with Gasteiger partial charge in [0.2, 0.25) is 23.6 Å². The topological polar surface area (TPSA) is 224 Å². The van der Waals surface area contributed by atoms with Crippen molar-refractivity contribution in [3.63, 3.8) is 0 Å². The number of benzene rings is 4. The van der Waals surface area contributed by atoms with Crippen molar-refractivity contribution in [2.45, 2.75) is 104 Å². The van der Waals surface area contributed by atoms with Gasteiger partial charge in [-0.05, 0) is 77.4 Å². The third kappa shape index (κ3) is 12.9. The Balaban J connectivity index is 0.736. The second kappa shape index (κ2) is 25.2. The number of aliphatic imine (C=N–C) groups is 2. The molecule has 6 amide bonds. The molecular formula is C62H69N7O12. The maximum Gasteiger partial charge on any atom is 0.260 e. The monoisotopic (exact) mass is 1100 g/mol. The van der Waals surface area contributed by atoms with Crippen LogP contribution in [0.5, 0.6) is 28.7 Å². The van der Waals surface area contributed by atoms with Crippen LogP contribution in [0.3, 0.4) is 0 Å². The van der Waals surface area contributed by atoms with E-state index in [1.165, 1.54) is 19.1 Å². The average molecular weight is 1100 g/mol. The van der Waals surface area contributed by atoms with Gasteiger partial charge in [0, 0.05) is 99.6 Å². The van der Waals surface area contributed by atoms with Gasteiger partial charge in [0.25, 0.3) is 11.8 Å². The first-order valence-corrected chi connectivity index (χ1v) is 27.6. The number of fused-ring (bicyclic) bond motifs is 4. The fourth-order valence-corrected chi connectivity index (χ4v) is 10.6. The van der Waals surface area contributed by atoms with Crippen molar-refractivity contribution in [3.8, 4) is 28.7 Å². The summed E-state index contributed by atoms with van der Waals surface area (Å²) in [6.45, 7) is 7.97. The Morgan fingerprint density at radius 2 is 1.20 bits per heavy atom. The van der Waals surface area contributed by atoms with E-state index in [-0.39, 0.29) is 97.6 Å². The maximum absolute atomic E-state index is 14.1. The Labute approximate surface area is 471 Å². The number of methoxy groups -OCH3 is 3. The lowest BCUT2D eigenvalue weighted by Gasteiger charge is -2.23. The van der Waals surface area contributed by atoms with Gasteiger partial charge >= 0.3 is 0 Å². The number of anilines is 1. The molecule has 1 fully saturated rings. The highest BCUT2D eigenvalue weighted by atomic mass is 16.5. The molecule has 19 heteroatoms. The molecule has 5 atom stereocenters. The van der Waals surface area contributed by atoms with Crippen LogP contribution < -0.4 is 34.3 Å². The second-order valence-electron chi connectivity index (χ2n) is 21.4. The quantitative estimate of drug-likeness (QED) is 0.0495. The molecule has 81 heavy (non-hydrogen) atoms. The average Bonchev–Trinajstić information content (AvgIpc) is 4.23. The van der Waals surface area contributed by atoms with Gasteiger partial charge in [-0.2, -0.15) is 0 Å². The fourth-order valence-electron chi connectivity index (χ4n) is 10.6. The van der Waals surface area contributed by atoms with Crippen molar-refractivity contribution >= 4 is 81.9 Å². The lowest BCUT2D eigenvalue weighted by atomic mass is 9.92. The van der Waals surface area contributed by atoms with Gasteiger partial charge in [-0.25, -0.2) is 0 Å². The van der Waals surface area contributed by atoms with Crippen LogP contribution in [0.4, 0.5) is 17.1 Å². The standard InChI is InChI=1S/C62H69N7O12/c1-36(2)58(66-56(71)12-9-8-10-21-67-57(72)25-38(4)60(67)74)51(70)24-37(3)59(73)65-43-17-13-39(14-18-43)41-26-44-32-63-49-30-54(52(78-6)28-47(49)61(75)68(44)34-41)80-22-11-23-81-55-31-50-48(29-53(55)79-7)62(76)69-35-42(27-45(69)33-64-50)40-15-19-46(77-5)20-16-40/h13-20,28-38,44-45,58H,8-12,21-27H2,1-7H3,(H,65,73)(H,66,71)/t37-,38?,44+,45+,58+/m1/s1. The summed E-state index contributed by atoms with van der Waals surface area (Å²) in [5, 5.41) is 5.77. The lowest BCUT2D eigenvalue weighted by molar-refractivity contribution is -0.139. The molecule has 0 bridgehead atoms. The van der Waals surface area contributed by atoms with Crippen LogP contribution in [0.1, 0.15) is 117 Å². The molecule has 0 saturated carbocycles. The summed E-state index contributed by atoms with van der Waals surface area (Å²) in [5.74, 6) is -0.332. The highest BCUT2D eigenvalue weighted by Gasteiger charge is 2.37. The SMILES string of the molecule is COc1ccc(C2=CN3C(=O)c4cc(OC)c(OCCCOc5cc6c(cc5OC)C(=O)N5C=C(c7ccc(NC(=O)[C@H](C)CC(=O)[C@@H](NC(=O)CCCCCN8C(=O)CC(C)C8=O)C(C)C)cc7)C[C@H]5C=N6)cc4N=C[C@@H]3C2)cc1. The van der Waals surface area contributed by atoms with Crippen LogP contribution >= 0.6 is 0 Å². The Morgan fingerprint density at radius 1 is 0.654 bits per heavy atom. The minimum Gasteiger partial charge on any atom is -0.497 e. The molecule has 5 aliphatic heterocycles. The van der Waals surface area contributed by atoms with Crippen LogP contribution in [-0.2, 0) is 24.0 Å². The van der Waals surface area contributed by atoms with E-state index in [1.54, 1.807) is 79.6 Å². The summed E-state index contributed by atoms with van der Waals surface area (Å²) in [6.07, 6.45) is 11.0. The summed E-state index contributed by atoms with van der Waals surface area (Å²) in [6, 6.07) is 20.4. The van der Waals surface area contributed by atoms with Crippen LogP contribution in [0.25, 0.3) is 11.1 Å². The van der Waals surface area contributed by atoms with Gasteiger partial charge in [0.1, 0.15) is 5.75 Å². The van der Waals surface area contributed by atoms with Gasteiger partial charge in [-0.15, -0.1) is 0 Å². The largest absolute Gasteiger partial charge is 0.497 e. The number of carbonyl (C=O) groups excluding carboxylic acids is 7. The first kappa shape index (κ1) is 57.1. The molecule has 0 aliphatic carbocycles. The smallest absolute Gasteiger partial charge is 0.260 e. The lowest BCUT2D eigenvalue weighted by Crippen LogP contribution is -2.45. The molecule has 0 spiro atoms. The molecule has 5 heterocycles. The normalized spacial score (nSPS) is 18.7. The summed E-state index contributed by atoms with van der Waals surface area (Å²) in [4.78, 5) is 106. The number of nitrogens with one attached hydrogen (secondary N) is 2. The molecule has 4 aromatic carbocycles. The van der Waals surface area contributed by atoms with Crippen molar-refractivity contribution in [2.75, 3.05) is 46.4 Å². The molecule has 4 aromatic rings. The van der Waals surface area contributed by atoms with Gasteiger partial charge < -0.3 is 44.1 Å². The Hall–Kier alpha value is -8.61. The van der Waals surface area contributed by atoms with Gasteiger partial charge in [-0.1, -0.05) is 58.4 Å². The first-order valence-electron chi connectivity index (χ1n) is 27.6. The Kier molecular flexibility index (Phi) is 17.8. The maximum atomic E-state index is 14.1. The molecule has 9 rings (SSSR count). The number of rotatable bonds is 24. The molecule has 2 N–H and O–H groups in total. The Bertz CT molecular complexity index is 3220. The second-order valence-corrected chi connectivity index (χ2v) is 21.4. The predicted octanol–water partition coefficient (Wildman–Crippen LogP) is 9.13. The number of amides is 6. The zero-order valence-electron chi connectivity index (χ0n) is 46.8. The number of ketones is 1. The number of imide groups is 1. The molecular weight excluding hydrogens is 1030 g/mol. The van der Waals surface area contributed by atoms with Crippen LogP contribution in [0.2, 0.25) is 0 Å². The molecule has 19 nitrogen and oxygen atoms in total. The van der Waals surface area contributed by atoms with E-state index in [4.69, 9.17) is 33.7 Å². The number of nitrogens with zero attached hydrogens (tertiary/aromatic N) is 5. The number of likely N-dealkylation sites (tertiary alicyclic amines) is 1. The van der Waals surface area contributed by atoms with E-state index < -0.39 is 12.0 Å². The minimum atomic E-state index is -0.754. The number of unbranched alkanes of at least 4 members (excludes halogenated alkanes) is 2. The van der Waals surface area contributed by atoms with Crippen LogP contribution in [0.15, 0.2) is 95.2 Å². The van der Waals surface area contributed by atoms with Crippen LogP contribution in [-0.4, -0.2) is 128 Å². The van der Waals surface area contributed by atoms with E-state index in [0.29, 0.717) is 96.3 Å². The van der Waals surface area contributed by atoms with Crippen molar-refractivity contribution in [1.29, 1.82) is 0 Å². The third-order valence-corrected chi connectivity index (χ3v) is 15.3. The molecule has 1 saturated heterocycles. The summed E-state index contributed by atoms with van der Waals surface area (Å²) in [5.41, 5.74) is 6.04. The van der Waals surface area contributed by atoms with E-state index in [2.05, 4.69) is 10.6 Å². The van der Waals surface area contributed by atoms with Gasteiger partial charge in [-0.3, -0.25) is 48.4 Å². The van der Waals surface area contributed by atoms with Crippen molar-refractivity contribution in [2.24, 2.45) is 27.7 Å². The zero-order chi connectivity index (χ0) is 57.5. The fraction of sp³-hybridized carbons (Fsp3) is 0.403. The van der Waals surface area contributed by atoms with Crippen molar-refractivity contribution < 1.29 is 57.2 Å². The van der Waals surface area contributed by atoms with E-state index in [1.807, 2.05) is 62.6 Å². The number of carbonyl (C=O) groups is 7. The van der Waals surface area contributed by atoms with Crippen LogP contribution in [0, 0.1) is 17.8 Å². The Morgan fingerprint density at radius 3 is 1.69 bits per heavy atom. The number of hydrogen-bond acceptors (Lipinski definition) is 14. The number of Topliss-reactive ketones (excluding diaryl/α,β-unsaturated/α-hetero) is 1. The third-order valence-electron chi connectivity index (χ3n) is 15.3. The van der Waals surface area contributed by atoms with E-state index >= 15 is 0 Å². The van der Waals surface area contributed by atoms with Crippen molar-refractivity contribution in [1.82, 2.24) is 20.0 Å². The zero-order valence-corrected chi connectivity index (χ0v) is 46.8. The highest BCUT2D eigenvalue weighted by Crippen LogP contribution is 2.42. The molecule has 0 aromatic heterocycles. The summed E-state index contributed by atoms with van der Waals surface area (Å²) in [7, 11) is 4.66. The van der Waals surface area contributed by atoms with Crippen molar-refractivity contribution in [3.05, 3.63) is 107 Å². The van der Waals surface area contributed by atoms with E-state index in [0.717, 1.165) is 28.0 Å². The number of hydrogen-bond donors (Lipinski definition) is 2. The predicted molar refractivity (Wildman–Crippen MR) is 306 cm³/mol. The summed E-state index contributed by atoms with van der Waals surface area (Å²) >= 11 is 0. The summed E-state index contributed by atoms with van der Waals surface area (Å²) < 4.78 is 29.0. The number of ether oxygens (including phenoxy) is 5. The highest BCUT2D eigenvalue weighted by molar-refractivity contribution is 6.07. The van der Waals surface area contributed by atoms with E-state index in [9.17, 15) is 33.6 Å². The first-order chi connectivity index (χ1) is 39.0. The molecule has 1 unspecified atom stereocenters. The molecule has 0 radical (unpaired) electrons.